The minimum absolute atomic E-state index is 0.0374. The van der Waals surface area contributed by atoms with Crippen LogP contribution in [-0.2, 0) is 9.59 Å². The van der Waals surface area contributed by atoms with Crippen molar-refractivity contribution in [3.63, 3.8) is 0 Å². The molecular formula is C24H27N3O5. The van der Waals surface area contributed by atoms with Crippen molar-refractivity contribution in [1.29, 1.82) is 0 Å². The molecule has 2 aliphatic heterocycles. The van der Waals surface area contributed by atoms with E-state index in [0.29, 0.717) is 35.7 Å². The average molecular weight is 437 g/mol. The molecule has 1 aromatic heterocycles. The van der Waals surface area contributed by atoms with Gasteiger partial charge in [-0.05, 0) is 56.4 Å². The number of rotatable bonds is 8. The molecule has 0 spiro atoms. The third-order valence-corrected chi connectivity index (χ3v) is 5.92. The number of aliphatic hydroxyl groups excluding tert-OH is 1. The highest BCUT2D eigenvalue weighted by molar-refractivity contribution is 6.46. The summed E-state index contributed by atoms with van der Waals surface area (Å²) in [7, 11) is 0. The lowest BCUT2D eigenvalue weighted by Gasteiger charge is -2.26. The molecule has 32 heavy (non-hydrogen) atoms. The third kappa shape index (κ3) is 4.05. The van der Waals surface area contributed by atoms with Gasteiger partial charge in [0.05, 0.1) is 11.3 Å². The van der Waals surface area contributed by atoms with Crippen molar-refractivity contribution in [1.82, 2.24) is 14.8 Å². The first-order valence-electron chi connectivity index (χ1n) is 10.9. The number of pyridine rings is 1. The van der Waals surface area contributed by atoms with Crippen LogP contribution < -0.4 is 9.47 Å². The van der Waals surface area contributed by atoms with E-state index in [0.717, 1.165) is 19.6 Å². The van der Waals surface area contributed by atoms with Gasteiger partial charge in [0, 0.05) is 18.3 Å². The summed E-state index contributed by atoms with van der Waals surface area (Å²) in [4.78, 5) is 34.2. The summed E-state index contributed by atoms with van der Waals surface area (Å²) >= 11 is 0. The van der Waals surface area contributed by atoms with Crippen molar-refractivity contribution < 1.29 is 24.2 Å². The molecule has 1 amide bonds. The van der Waals surface area contributed by atoms with E-state index in [1.165, 1.54) is 4.90 Å². The zero-order valence-electron chi connectivity index (χ0n) is 18.3. The number of benzene rings is 1. The lowest BCUT2D eigenvalue weighted by Crippen LogP contribution is -2.33. The fraction of sp³-hybridized carbons (Fsp3) is 0.375. The number of hydrogen-bond acceptors (Lipinski definition) is 7. The van der Waals surface area contributed by atoms with Crippen LogP contribution in [0.4, 0.5) is 0 Å². The van der Waals surface area contributed by atoms with E-state index in [1.807, 2.05) is 0 Å². The highest BCUT2D eigenvalue weighted by atomic mass is 16.7. The Bertz CT molecular complexity index is 1030. The Kier molecular flexibility index (Phi) is 6.41. The second-order valence-corrected chi connectivity index (χ2v) is 7.70. The summed E-state index contributed by atoms with van der Waals surface area (Å²) in [5.74, 6) is -0.527. The first-order chi connectivity index (χ1) is 15.5. The monoisotopic (exact) mass is 437 g/mol. The van der Waals surface area contributed by atoms with Gasteiger partial charge in [0.1, 0.15) is 11.8 Å². The standard InChI is InChI=1S/C24H27N3O5/c1-3-26(4-2)12-7-13-27-21(17-8-5-6-11-25-17)20(23(29)24(27)30)22(28)16-9-10-18-19(14-16)32-15-31-18/h5-6,8-11,14,21,28H,3-4,7,12-13,15H2,1-2H3/t21-/m0/s1. The number of likely N-dealkylation sites (tertiary alicyclic amines) is 1. The first-order valence-corrected chi connectivity index (χ1v) is 10.9. The minimum atomic E-state index is -0.752. The minimum Gasteiger partial charge on any atom is -0.507 e. The predicted octanol–water partition coefficient (Wildman–Crippen LogP) is 2.96. The fourth-order valence-corrected chi connectivity index (χ4v) is 4.16. The molecule has 1 saturated heterocycles. The number of carbonyl (C=O) groups is 2. The highest BCUT2D eigenvalue weighted by Crippen LogP contribution is 2.40. The van der Waals surface area contributed by atoms with Gasteiger partial charge in [-0.3, -0.25) is 14.6 Å². The van der Waals surface area contributed by atoms with Gasteiger partial charge in [-0.15, -0.1) is 0 Å². The maximum atomic E-state index is 13.1. The molecular weight excluding hydrogens is 410 g/mol. The van der Waals surface area contributed by atoms with Crippen LogP contribution in [0.3, 0.4) is 0 Å². The number of ether oxygens (including phenoxy) is 2. The Hall–Kier alpha value is -3.39. The molecule has 0 radical (unpaired) electrons. The molecule has 4 rings (SSSR count). The molecule has 0 aliphatic carbocycles. The summed E-state index contributed by atoms with van der Waals surface area (Å²) in [5.41, 5.74) is 0.962. The molecule has 0 saturated carbocycles. The van der Waals surface area contributed by atoms with Gasteiger partial charge >= 0.3 is 0 Å². The van der Waals surface area contributed by atoms with Gasteiger partial charge in [0.2, 0.25) is 6.79 Å². The van der Waals surface area contributed by atoms with Gasteiger partial charge in [0.15, 0.2) is 11.5 Å². The van der Waals surface area contributed by atoms with Crippen molar-refractivity contribution in [2.24, 2.45) is 0 Å². The number of aromatic nitrogens is 1. The number of nitrogens with zero attached hydrogens (tertiary/aromatic N) is 3. The summed E-state index contributed by atoms with van der Waals surface area (Å²) in [5, 5.41) is 11.1. The third-order valence-electron chi connectivity index (χ3n) is 5.92. The molecule has 2 aliphatic rings. The Balaban J connectivity index is 1.71. The Morgan fingerprint density at radius 2 is 1.94 bits per heavy atom. The number of fused-ring (bicyclic) bond motifs is 1. The van der Waals surface area contributed by atoms with Crippen molar-refractivity contribution in [3.05, 3.63) is 59.4 Å². The molecule has 3 heterocycles. The zero-order valence-corrected chi connectivity index (χ0v) is 18.3. The van der Waals surface area contributed by atoms with E-state index >= 15 is 0 Å². The van der Waals surface area contributed by atoms with E-state index in [-0.39, 0.29) is 18.1 Å². The van der Waals surface area contributed by atoms with E-state index in [4.69, 9.17) is 9.47 Å². The second-order valence-electron chi connectivity index (χ2n) is 7.70. The molecule has 1 N–H and O–H groups in total. The normalized spacial score (nSPS) is 19.2. The summed E-state index contributed by atoms with van der Waals surface area (Å²) in [6, 6.07) is 9.52. The van der Waals surface area contributed by atoms with Crippen molar-refractivity contribution >= 4 is 17.4 Å². The number of ketones is 1. The van der Waals surface area contributed by atoms with Crippen LogP contribution in [0.15, 0.2) is 48.2 Å². The average Bonchev–Trinajstić information content (AvgIpc) is 3.39. The maximum absolute atomic E-state index is 13.1. The lowest BCUT2D eigenvalue weighted by atomic mass is 9.98. The molecule has 0 unspecified atom stereocenters. The number of aliphatic hydroxyl groups is 1. The molecule has 2 aromatic rings. The summed E-state index contributed by atoms with van der Waals surface area (Å²) in [6.45, 7) is 7.33. The van der Waals surface area contributed by atoms with Crippen molar-refractivity contribution in [2.75, 3.05) is 33.0 Å². The fourth-order valence-electron chi connectivity index (χ4n) is 4.16. The first kappa shape index (κ1) is 21.8. The Morgan fingerprint density at radius 1 is 1.16 bits per heavy atom. The SMILES string of the molecule is CCN(CC)CCCN1C(=O)C(=O)C(=C(O)c2ccc3c(c2)OCO3)[C@@H]1c1ccccn1. The van der Waals surface area contributed by atoms with Gasteiger partial charge < -0.3 is 24.4 Å². The van der Waals surface area contributed by atoms with Crippen LogP contribution in [0.2, 0.25) is 0 Å². The smallest absolute Gasteiger partial charge is 0.295 e. The molecule has 1 fully saturated rings. The molecule has 1 atom stereocenters. The zero-order chi connectivity index (χ0) is 22.7. The molecule has 168 valence electrons. The van der Waals surface area contributed by atoms with E-state index in [1.54, 1.807) is 42.6 Å². The quantitative estimate of drug-likeness (QED) is 0.386. The summed E-state index contributed by atoms with van der Waals surface area (Å²) in [6.07, 6.45) is 2.33. The van der Waals surface area contributed by atoms with Crippen LogP contribution in [0.5, 0.6) is 11.5 Å². The molecule has 8 nitrogen and oxygen atoms in total. The summed E-state index contributed by atoms with van der Waals surface area (Å²) < 4.78 is 10.7. The van der Waals surface area contributed by atoms with Gasteiger partial charge in [-0.2, -0.15) is 0 Å². The van der Waals surface area contributed by atoms with Crippen LogP contribution in [0.25, 0.3) is 5.76 Å². The Morgan fingerprint density at radius 3 is 2.66 bits per heavy atom. The van der Waals surface area contributed by atoms with Gasteiger partial charge in [-0.1, -0.05) is 19.9 Å². The van der Waals surface area contributed by atoms with Crippen LogP contribution in [0.1, 0.15) is 37.6 Å². The maximum Gasteiger partial charge on any atom is 0.295 e. The van der Waals surface area contributed by atoms with E-state index < -0.39 is 17.7 Å². The van der Waals surface area contributed by atoms with Crippen molar-refractivity contribution in [2.45, 2.75) is 26.3 Å². The van der Waals surface area contributed by atoms with Gasteiger partial charge in [-0.25, -0.2) is 0 Å². The van der Waals surface area contributed by atoms with Crippen LogP contribution in [-0.4, -0.2) is 64.6 Å². The molecule has 8 heteroatoms. The topological polar surface area (TPSA) is 92.2 Å². The van der Waals surface area contributed by atoms with E-state index in [9.17, 15) is 14.7 Å². The second kappa shape index (κ2) is 9.40. The Labute approximate surface area is 187 Å². The van der Waals surface area contributed by atoms with Gasteiger partial charge in [0.25, 0.3) is 11.7 Å². The highest BCUT2D eigenvalue weighted by Gasteiger charge is 2.46. The number of carbonyl (C=O) groups excluding carboxylic acids is 2. The van der Waals surface area contributed by atoms with E-state index in [2.05, 4.69) is 23.7 Å². The number of hydrogen-bond donors (Lipinski definition) is 1. The lowest BCUT2D eigenvalue weighted by molar-refractivity contribution is -0.140. The number of Topliss-reactive ketones (excluding diaryl/α,β-unsaturated/α-hetero) is 1. The number of amides is 1. The van der Waals surface area contributed by atoms with Crippen LogP contribution >= 0.6 is 0 Å². The largest absolute Gasteiger partial charge is 0.507 e. The predicted molar refractivity (Wildman–Crippen MR) is 118 cm³/mol. The molecule has 1 aromatic carbocycles. The van der Waals surface area contributed by atoms with Crippen LogP contribution in [0, 0.1) is 0 Å². The molecule has 0 bridgehead atoms. The van der Waals surface area contributed by atoms with Crippen molar-refractivity contribution in [3.8, 4) is 11.5 Å².